The molecular weight excluding hydrogens is 376 g/mol. The lowest BCUT2D eigenvalue weighted by Gasteiger charge is -2.49. The van der Waals surface area contributed by atoms with E-state index in [2.05, 4.69) is 53.1 Å². The second-order valence-electron chi connectivity index (χ2n) is 9.27. The fourth-order valence-corrected chi connectivity index (χ4v) is 5.89. The summed E-state index contributed by atoms with van der Waals surface area (Å²) in [5.74, 6) is 1.17. The highest BCUT2D eigenvalue weighted by atomic mass is 16.7. The standard InChI is InChI=1S/C24H28N4O2/c1-23-10-11-24(29-12-13-30-24)14-18(23)8-9-20-21(23)26-22(17-15-25-27(2)16-17)28(20)19-6-4-3-5-7-19/h3-7,15-16,18H,8-14H2,1-2H3/t18?,23-/m0/s1. The van der Waals surface area contributed by atoms with Gasteiger partial charge in [-0.15, -0.1) is 0 Å². The molecule has 1 unspecified atom stereocenters. The summed E-state index contributed by atoms with van der Waals surface area (Å²) < 4.78 is 16.4. The first-order valence-corrected chi connectivity index (χ1v) is 11.0. The van der Waals surface area contributed by atoms with Gasteiger partial charge < -0.3 is 9.47 Å². The van der Waals surface area contributed by atoms with Crippen LogP contribution in [0.3, 0.4) is 0 Å². The zero-order valence-corrected chi connectivity index (χ0v) is 17.7. The van der Waals surface area contributed by atoms with Gasteiger partial charge in [0.2, 0.25) is 0 Å². The van der Waals surface area contributed by atoms with Crippen LogP contribution in [0.25, 0.3) is 17.1 Å². The molecule has 6 heteroatoms. The number of rotatable bonds is 2. The van der Waals surface area contributed by atoms with Crippen molar-refractivity contribution in [3.8, 4) is 17.1 Å². The van der Waals surface area contributed by atoms with Crippen molar-refractivity contribution in [3.05, 3.63) is 54.1 Å². The Morgan fingerprint density at radius 3 is 2.63 bits per heavy atom. The highest BCUT2D eigenvalue weighted by Crippen LogP contribution is 2.54. The summed E-state index contributed by atoms with van der Waals surface area (Å²) in [7, 11) is 1.96. The fraction of sp³-hybridized carbons (Fsp3) is 0.500. The third-order valence-corrected chi connectivity index (χ3v) is 7.52. The molecule has 6 nitrogen and oxygen atoms in total. The summed E-state index contributed by atoms with van der Waals surface area (Å²) in [6.45, 7) is 3.86. The minimum Gasteiger partial charge on any atom is -0.348 e. The molecular formula is C24H28N4O2. The first-order valence-electron chi connectivity index (χ1n) is 11.0. The van der Waals surface area contributed by atoms with Crippen molar-refractivity contribution in [2.24, 2.45) is 13.0 Å². The third kappa shape index (κ3) is 2.63. The molecule has 2 aromatic heterocycles. The normalized spacial score (nSPS) is 27.2. The van der Waals surface area contributed by atoms with Gasteiger partial charge in [-0.25, -0.2) is 4.98 Å². The zero-order chi connectivity index (χ0) is 20.3. The van der Waals surface area contributed by atoms with Crippen LogP contribution in [0.5, 0.6) is 0 Å². The SMILES string of the molecule is Cn1cc(-c2nc3c(n2-c2ccccc2)CCC2CC4(CC[C@]32C)OCCO4)cn1. The molecule has 156 valence electrons. The molecule has 0 amide bonds. The maximum atomic E-state index is 6.07. The van der Waals surface area contributed by atoms with E-state index in [1.807, 2.05) is 17.9 Å². The van der Waals surface area contributed by atoms with Crippen molar-refractivity contribution in [1.82, 2.24) is 19.3 Å². The summed E-state index contributed by atoms with van der Waals surface area (Å²) in [5, 5.41) is 4.41. The molecule has 1 saturated heterocycles. The largest absolute Gasteiger partial charge is 0.348 e. The van der Waals surface area contributed by atoms with Gasteiger partial charge in [-0.3, -0.25) is 9.25 Å². The van der Waals surface area contributed by atoms with Crippen LogP contribution in [0.1, 0.15) is 44.0 Å². The Balaban J connectivity index is 1.49. The van der Waals surface area contributed by atoms with Gasteiger partial charge in [0.1, 0.15) is 5.82 Å². The smallest absolute Gasteiger partial charge is 0.168 e. The van der Waals surface area contributed by atoms with E-state index in [0.29, 0.717) is 5.92 Å². The van der Waals surface area contributed by atoms with Crippen molar-refractivity contribution in [2.45, 2.75) is 50.2 Å². The van der Waals surface area contributed by atoms with Gasteiger partial charge in [-0.05, 0) is 37.3 Å². The Morgan fingerprint density at radius 2 is 1.90 bits per heavy atom. The summed E-state index contributed by atoms with van der Waals surface area (Å²) >= 11 is 0. The molecule has 2 fully saturated rings. The first-order chi connectivity index (χ1) is 14.6. The Kier molecular flexibility index (Phi) is 3.99. The van der Waals surface area contributed by atoms with Crippen molar-refractivity contribution >= 4 is 0 Å². The van der Waals surface area contributed by atoms with Crippen LogP contribution in [0.15, 0.2) is 42.7 Å². The molecule has 0 N–H and O–H groups in total. The maximum Gasteiger partial charge on any atom is 0.168 e. The molecule has 2 atom stereocenters. The fourth-order valence-electron chi connectivity index (χ4n) is 5.89. The number of aryl methyl sites for hydroxylation is 1. The lowest BCUT2D eigenvalue weighted by molar-refractivity contribution is -0.199. The molecule has 2 aliphatic carbocycles. The number of fused-ring (bicyclic) bond motifs is 3. The minimum atomic E-state index is -0.351. The second-order valence-corrected chi connectivity index (χ2v) is 9.27. The van der Waals surface area contributed by atoms with Crippen molar-refractivity contribution < 1.29 is 9.47 Å². The highest BCUT2D eigenvalue weighted by Gasteiger charge is 2.54. The monoisotopic (exact) mass is 404 g/mol. The number of benzene rings is 1. The van der Waals surface area contributed by atoms with Crippen LogP contribution < -0.4 is 0 Å². The summed E-state index contributed by atoms with van der Waals surface area (Å²) in [6.07, 6.45) is 9.11. The molecule has 30 heavy (non-hydrogen) atoms. The quantitative estimate of drug-likeness (QED) is 0.647. The van der Waals surface area contributed by atoms with E-state index < -0.39 is 0 Å². The number of aromatic nitrogens is 4. The van der Waals surface area contributed by atoms with Gasteiger partial charge in [0.05, 0.1) is 30.7 Å². The molecule has 0 bridgehead atoms. The Bertz CT molecular complexity index is 1080. The molecule has 0 radical (unpaired) electrons. The number of hydrogen-bond donors (Lipinski definition) is 0. The van der Waals surface area contributed by atoms with E-state index >= 15 is 0 Å². The predicted octanol–water partition coefficient (Wildman–Crippen LogP) is 4.02. The van der Waals surface area contributed by atoms with Gasteiger partial charge in [-0.1, -0.05) is 25.1 Å². The topological polar surface area (TPSA) is 54.1 Å². The lowest BCUT2D eigenvalue weighted by atomic mass is 9.59. The number of nitrogens with zero attached hydrogens (tertiary/aromatic N) is 4. The third-order valence-electron chi connectivity index (χ3n) is 7.52. The van der Waals surface area contributed by atoms with Gasteiger partial charge >= 0.3 is 0 Å². The van der Waals surface area contributed by atoms with Gasteiger partial charge in [0.25, 0.3) is 0 Å². The van der Waals surface area contributed by atoms with Crippen LogP contribution >= 0.6 is 0 Å². The average Bonchev–Trinajstić information content (AvgIpc) is 3.48. The Morgan fingerprint density at radius 1 is 1.10 bits per heavy atom. The van der Waals surface area contributed by atoms with E-state index in [9.17, 15) is 0 Å². The van der Waals surface area contributed by atoms with Crippen molar-refractivity contribution in [3.63, 3.8) is 0 Å². The van der Waals surface area contributed by atoms with Crippen molar-refractivity contribution in [1.29, 1.82) is 0 Å². The van der Waals surface area contributed by atoms with E-state index in [4.69, 9.17) is 14.5 Å². The molecule has 3 heterocycles. The average molecular weight is 405 g/mol. The van der Waals surface area contributed by atoms with Crippen LogP contribution in [-0.2, 0) is 28.4 Å². The Labute approximate surface area is 176 Å². The minimum absolute atomic E-state index is 0.0468. The van der Waals surface area contributed by atoms with Crippen LogP contribution in [0.2, 0.25) is 0 Å². The van der Waals surface area contributed by atoms with Crippen LogP contribution in [-0.4, -0.2) is 38.3 Å². The van der Waals surface area contributed by atoms with Crippen LogP contribution in [0, 0.1) is 5.92 Å². The Hall–Kier alpha value is -2.44. The summed E-state index contributed by atoms with van der Waals surface area (Å²) in [6, 6.07) is 10.6. The molecule has 1 aromatic carbocycles. The van der Waals surface area contributed by atoms with E-state index in [1.54, 1.807) is 0 Å². The van der Waals surface area contributed by atoms with E-state index in [0.717, 1.165) is 56.7 Å². The maximum absolute atomic E-state index is 6.07. The van der Waals surface area contributed by atoms with Gasteiger partial charge in [0.15, 0.2) is 5.79 Å². The summed E-state index contributed by atoms with van der Waals surface area (Å²) in [5.41, 5.74) is 4.88. The number of hydrogen-bond acceptors (Lipinski definition) is 4. The molecule has 1 saturated carbocycles. The number of ether oxygens (including phenoxy) is 2. The lowest BCUT2D eigenvalue weighted by Crippen LogP contribution is -2.49. The van der Waals surface area contributed by atoms with Gasteiger partial charge in [0, 0.05) is 42.9 Å². The van der Waals surface area contributed by atoms with Crippen LogP contribution in [0.4, 0.5) is 0 Å². The second kappa shape index (κ2) is 6.53. The van der Waals surface area contributed by atoms with E-state index in [1.165, 1.54) is 17.1 Å². The summed E-state index contributed by atoms with van der Waals surface area (Å²) in [4.78, 5) is 5.31. The first kappa shape index (κ1) is 18.3. The molecule has 1 aliphatic heterocycles. The number of imidazole rings is 1. The predicted molar refractivity (Wildman–Crippen MR) is 113 cm³/mol. The van der Waals surface area contributed by atoms with Crippen molar-refractivity contribution in [2.75, 3.05) is 13.2 Å². The molecule has 3 aromatic rings. The highest BCUT2D eigenvalue weighted by molar-refractivity contribution is 5.60. The van der Waals surface area contributed by atoms with Gasteiger partial charge in [-0.2, -0.15) is 5.10 Å². The van der Waals surface area contributed by atoms with E-state index in [-0.39, 0.29) is 11.2 Å². The molecule has 6 rings (SSSR count). The number of para-hydroxylation sites is 1. The zero-order valence-electron chi connectivity index (χ0n) is 17.7. The molecule has 1 spiro atoms. The molecule has 3 aliphatic rings.